The van der Waals surface area contributed by atoms with Gasteiger partial charge in [-0.15, -0.1) is 0 Å². The van der Waals surface area contributed by atoms with E-state index in [9.17, 15) is 13.2 Å². The van der Waals surface area contributed by atoms with E-state index in [1.165, 1.54) is 6.92 Å². The summed E-state index contributed by atoms with van der Waals surface area (Å²) in [4.78, 5) is 11.3. The first-order valence-corrected chi connectivity index (χ1v) is 9.72. The number of hydrogen-bond donors (Lipinski definition) is 1. The Balaban J connectivity index is 3.00. The summed E-state index contributed by atoms with van der Waals surface area (Å²) in [6.45, 7) is 5.44. The molecule has 21 heavy (non-hydrogen) atoms. The van der Waals surface area contributed by atoms with Crippen LogP contribution in [0.15, 0.2) is 29.2 Å². The first kappa shape index (κ1) is 18.2. The van der Waals surface area contributed by atoms with E-state index in [2.05, 4.69) is 21.2 Å². The topological polar surface area (TPSA) is 63.2 Å². The molecule has 1 N–H and O–H groups in total. The summed E-state index contributed by atoms with van der Waals surface area (Å²) in [6, 6.07) is 6.32. The highest BCUT2D eigenvalue weighted by atomic mass is 79.9. The lowest BCUT2D eigenvalue weighted by Gasteiger charge is -2.29. The number of nitrogens with one attached hydrogen (secondary N) is 1. The molecule has 0 fully saturated rings. The Morgan fingerprint density at radius 1 is 1.19 bits per heavy atom. The summed E-state index contributed by atoms with van der Waals surface area (Å²) in [5.41, 5.74) is 0.356. The van der Waals surface area contributed by atoms with Gasteiger partial charge in [0.25, 0.3) is 0 Å². The third-order valence-electron chi connectivity index (χ3n) is 3.81. The number of alkyl halides is 1. The van der Waals surface area contributed by atoms with E-state index in [-0.39, 0.29) is 17.1 Å². The number of carbonyl (C=O) groups is 1. The van der Waals surface area contributed by atoms with Crippen LogP contribution in [0.1, 0.15) is 33.6 Å². The number of anilines is 1. The third kappa shape index (κ3) is 4.81. The van der Waals surface area contributed by atoms with E-state index in [0.29, 0.717) is 15.9 Å². The molecule has 0 bridgehead atoms. The minimum atomic E-state index is -3.34. The molecule has 4 nitrogen and oxygen atoms in total. The van der Waals surface area contributed by atoms with Crippen molar-refractivity contribution in [1.82, 2.24) is 0 Å². The fraction of sp³-hybridized carbons (Fsp3) is 0.533. The number of carbonyl (C=O) groups excluding carboxylic acids is 1. The van der Waals surface area contributed by atoms with E-state index in [0.717, 1.165) is 12.8 Å². The van der Waals surface area contributed by atoms with Crippen LogP contribution in [0.25, 0.3) is 0 Å². The number of benzene rings is 1. The summed E-state index contributed by atoms with van der Waals surface area (Å²) in [5.74, 6) is -0.0570. The van der Waals surface area contributed by atoms with E-state index in [4.69, 9.17) is 0 Å². The predicted octanol–water partition coefficient (Wildman–Crippen LogP) is 3.62. The quantitative estimate of drug-likeness (QED) is 0.740. The lowest BCUT2D eigenvalue weighted by atomic mass is 9.87. The summed E-state index contributed by atoms with van der Waals surface area (Å²) in [5, 5.41) is 3.29. The van der Waals surface area contributed by atoms with Gasteiger partial charge in [-0.1, -0.05) is 29.8 Å². The Kier molecular flexibility index (Phi) is 6.41. The number of halogens is 1. The molecule has 0 unspecified atom stereocenters. The molecule has 0 saturated heterocycles. The first-order valence-electron chi connectivity index (χ1n) is 6.95. The minimum absolute atomic E-state index is 0.123. The van der Waals surface area contributed by atoms with Crippen molar-refractivity contribution < 1.29 is 13.2 Å². The van der Waals surface area contributed by atoms with Gasteiger partial charge in [-0.05, 0) is 42.5 Å². The molecule has 118 valence electrons. The monoisotopic (exact) mass is 375 g/mol. The molecule has 1 aromatic rings. The maximum Gasteiger partial charge on any atom is 0.221 e. The Labute approximate surface area is 135 Å². The van der Waals surface area contributed by atoms with Gasteiger partial charge in [0.05, 0.1) is 10.6 Å². The SMILES string of the molecule is CCC(CC)(CBr)CS(=O)(=O)c1ccc(NC(C)=O)cc1. The zero-order valence-corrected chi connectivity index (χ0v) is 15.1. The molecule has 0 heterocycles. The van der Waals surface area contributed by atoms with Gasteiger partial charge in [0, 0.05) is 17.9 Å². The molecule has 0 aliphatic carbocycles. The van der Waals surface area contributed by atoms with Crippen LogP contribution in [0.2, 0.25) is 0 Å². The van der Waals surface area contributed by atoms with Gasteiger partial charge >= 0.3 is 0 Å². The number of sulfone groups is 1. The van der Waals surface area contributed by atoms with Crippen molar-refractivity contribution in [2.45, 2.75) is 38.5 Å². The maximum atomic E-state index is 12.5. The largest absolute Gasteiger partial charge is 0.326 e. The number of amides is 1. The number of rotatable bonds is 7. The van der Waals surface area contributed by atoms with Gasteiger partial charge in [0.1, 0.15) is 0 Å². The van der Waals surface area contributed by atoms with Gasteiger partial charge in [-0.25, -0.2) is 8.42 Å². The second-order valence-corrected chi connectivity index (χ2v) is 7.86. The molecule has 1 amide bonds. The lowest BCUT2D eigenvalue weighted by molar-refractivity contribution is -0.114. The standard InChI is InChI=1S/C15H22BrNO3S/c1-4-15(5-2,10-16)11-21(19,20)14-8-6-13(7-9-14)17-12(3)18/h6-9H,4-5,10-11H2,1-3H3,(H,17,18). The molecule has 6 heteroatoms. The molecule has 0 aliphatic rings. The molecule has 0 aliphatic heterocycles. The second-order valence-electron chi connectivity index (χ2n) is 5.31. The van der Waals surface area contributed by atoms with Crippen molar-refractivity contribution in [3.63, 3.8) is 0 Å². The molecule has 0 aromatic heterocycles. The van der Waals surface area contributed by atoms with Crippen LogP contribution in [0.5, 0.6) is 0 Å². The fourth-order valence-corrected chi connectivity index (χ4v) is 5.40. The first-order chi connectivity index (χ1) is 9.78. The van der Waals surface area contributed by atoms with Crippen LogP contribution in [-0.2, 0) is 14.6 Å². The molecule has 0 saturated carbocycles. The second kappa shape index (κ2) is 7.40. The molecule has 1 aromatic carbocycles. The highest BCUT2D eigenvalue weighted by Crippen LogP contribution is 2.32. The van der Waals surface area contributed by atoms with Gasteiger partial charge in [0.15, 0.2) is 9.84 Å². The van der Waals surface area contributed by atoms with E-state index in [1.54, 1.807) is 24.3 Å². The molecular formula is C15H22BrNO3S. The predicted molar refractivity (Wildman–Crippen MR) is 89.6 cm³/mol. The van der Waals surface area contributed by atoms with E-state index < -0.39 is 9.84 Å². The Morgan fingerprint density at radius 3 is 2.10 bits per heavy atom. The lowest BCUT2D eigenvalue weighted by Crippen LogP contribution is -2.30. The normalized spacial score (nSPS) is 12.2. The van der Waals surface area contributed by atoms with Crippen LogP contribution in [0.3, 0.4) is 0 Å². The third-order valence-corrected chi connectivity index (χ3v) is 6.99. The summed E-state index contributed by atoms with van der Waals surface area (Å²) in [6.07, 6.45) is 1.61. The maximum absolute atomic E-state index is 12.5. The Morgan fingerprint density at radius 2 is 1.71 bits per heavy atom. The zero-order chi connectivity index (χ0) is 16.1. The van der Waals surface area contributed by atoms with Crippen molar-refractivity contribution in [3.8, 4) is 0 Å². The van der Waals surface area contributed by atoms with Crippen LogP contribution in [-0.4, -0.2) is 25.4 Å². The fourth-order valence-electron chi connectivity index (χ4n) is 2.12. The highest BCUT2D eigenvalue weighted by Gasteiger charge is 2.32. The van der Waals surface area contributed by atoms with Crippen LogP contribution < -0.4 is 5.32 Å². The molecule has 0 radical (unpaired) electrons. The summed E-state index contributed by atoms with van der Waals surface area (Å²) in [7, 11) is -3.34. The highest BCUT2D eigenvalue weighted by molar-refractivity contribution is 9.09. The van der Waals surface area contributed by atoms with Crippen LogP contribution in [0.4, 0.5) is 5.69 Å². The molecule has 0 atom stereocenters. The van der Waals surface area contributed by atoms with Gasteiger partial charge in [-0.2, -0.15) is 0 Å². The minimum Gasteiger partial charge on any atom is -0.326 e. The van der Waals surface area contributed by atoms with Gasteiger partial charge in [0.2, 0.25) is 5.91 Å². The van der Waals surface area contributed by atoms with Crippen molar-refractivity contribution in [2.75, 3.05) is 16.4 Å². The summed E-state index contributed by atoms with van der Waals surface area (Å²) < 4.78 is 25.1. The molecule has 0 spiro atoms. The number of hydrogen-bond acceptors (Lipinski definition) is 3. The van der Waals surface area contributed by atoms with Crippen LogP contribution in [0, 0.1) is 5.41 Å². The van der Waals surface area contributed by atoms with Crippen molar-refractivity contribution >= 4 is 37.4 Å². The molecule has 1 rings (SSSR count). The van der Waals surface area contributed by atoms with Crippen molar-refractivity contribution in [3.05, 3.63) is 24.3 Å². The smallest absolute Gasteiger partial charge is 0.221 e. The zero-order valence-electron chi connectivity index (χ0n) is 12.6. The Bertz CT molecular complexity index is 569. The van der Waals surface area contributed by atoms with Gasteiger partial charge in [-0.3, -0.25) is 4.79 Å². The van der Waals surface area contributed by atoms with Crippen LogP contribution >= 0.6 is 15.9 Å². The van der Waals surface area contributed by atoms with E-state index >= 15 is 0 Å². The van der Waals surface area contributed by atoms with Crippen molar-refractivity contribution in [2.24, 2.45) is 5.41 Å². The molecular weight excluding hydrogens is 354 g/mol. The Hall–Kier alpha value is -0.880. The average Bonchev–Trinajstić information content (AvgIpc) is 2.45. The summed E-state index contributed by atoms with van der Waals surface area (Å²) >= 11 is 3.45. The average molecular weight is 376 g/mol. The van der Waals surface area contributed by atoms with Gasteiger partial charge < -0.3 is 5.32 Å². The van der Waals surface area contributed by atoms with Crippen molar-refractivity contribution in [1.29, 1.82) is 0 Å². The van der Waals surface area contributed by atoms with E-state index in [1.807, 2.05) is 13.8 Å².